The number of thiazole rings is 1. The maximum Gasteiger partial charge on any atom is 0.237 e. The standard InChI is InChI=1S/C20H17N3OS2/c24-17-12-25-16-8-4-7-14-18-15(9-10-23(17)19(14)16)26-20(22-18)21-11-13-5-2-1-3-6-13/h1-8H,9-12H2,(H,21,22). The van der Waals surface area contributed by atoms with Crippen LogP contribution in [0.1, 0.15) is 10.4 Å². The first-order valence-electron chi connectivity index (χ1n) is 8.63. The van der Waals surface area contributed by atoms with Crippen LogP contribution in [-0.4, -0.2) is 23.2 Å². The van der Waals surface area contributed by atoms with Gasteiger partial charge in [0.25, 0.3) is 0 Å². The van der Waals surface area contributed by atoms with Gasteiger partial charge in [-0.3, -0.25) is 4.79 Å². The number of hydrogen-bond acceptors (Lipinski definition) is 5. The highest BCUT2D eigenvalue weighted by Gasteiger charge is 2.32. The monoisotopic (exact) mass is 379 g/mol. The minimum atomic E-state index is 0.201. The Morgan fingerprint density at radius 1 is 1.12 bits per heavy atom. The Balaban J connectivity index is 1.51. The minimum absolute atomic E-state index is 0.201. The van der Waals surface area contributed by atoms with Crippen molar-refractivity contribution in [2.75, 3.05) is 22.5 Å². The van der Waals surface area contributed by atoms with E-state index in [1.54, 1.807) is 23.1 Å². The first-order chi connectivity index (χ1) is 12.8. The first kappa shape index (κ1) is 15.9. The van der Waals surface area contributed by atoms with Gasteiger partial charge in [0.05, 0.1) is 17.1 Å². The third-order valence-electron chi connectivity index (χ3n) is 4.72. The SMILES string of the molecule is O=C1CSc2cccc3c2N1CCc1sc(NCc2ccccc2)nc1-3. The molecule has 4 nitrogen and oxygen atoms in total. The molecule has 26 heavy (non-hydrogen) atoms. The van der Waals surface area contributed by atoms with E-state index in [9.17, 15) is 4.79 Å². The summed E-state index contributed by atoms with van der Waals surface area (Å²) in [5.74, 6) is 0.731. The third-order valence-corrected chi connectivity index (χ3v) is 6.83. The topological polar surface area (TPSA) is 45.2 Å². The van der Waals surface area contributed by atoms with Gasteiger partial charge in [-0.05, 0) is 11.6 Å². The number of benzene rings is 2. The number of nitrogens with zero attached hydrogens (tertiary/aromatic N) is 2. The first-order valence-corrected chi connectivity index (χ1v) is 10.4. The van der Waals surface area contributed by atoms with E-state index < -0.39 is 0 Å². The van der Waals surface area contributed by atoms with Crippen molar-refractivity contribution < 1.29 is 4.79 Å². The lowest BCUT2D eigenvalue weighted by atomic mass is 10.1. The molecule has 0 spiro atoms. The van der Waals surface area contributed by atoms with Gasteiger partial charge in [0.1, 0.15) is 0 Å². The van der Waals surface area contributed by atoms with Crippen molar-refractivity contribution in [3.63, 3.8) is 0 Å². The molecule has 5 rings (SSSR count). The summed E-state index contributed by atoms with van der Waals surface area (Å²) in [6, 6.07) is 16.6. The number of para-hydroxylation sites is 1. The number of nitrogens with one attached hydrogen (secondary N) is 1. The summed E-state index contributed by atoms with van der Waals surface area (Å²) >= 11 is 3.34. The van der Waals surface area contributed by atoms with Crippen LogP contribution in [0.25, 0.3) is 11.3 Å². The normalized spacial score (nSPS) is 15.2. The van der Waals surface area contributed by atoms with E-state index in [-0.39, 0.29) is 5.91 Å². The van der Waals surface area contributed by atoms with E-state index in [4.69, 9.17) is 4.98 Å². The van der Waals surface area contributed by atoms with Gasteiger partial charge in [-0.1, -0.05) is 42.5 Å². The number of carbonyl (C=O) groups excluding carboxylic acids is 1. The van der Waals surface area contributed by atoms with Crippen molar-refractivity contribution >= 4 is 39.8 Å². The van der Waals surface area contributed by atoms with E-state index in [1.165, 1.54) is 15.3 Å². The van der Waals surface area contributed by atoms with Crippen LogP contribution in [0.4, 0.5) is 10.8 Å². The van der Waals surface area contributed by atoms with Crippen molar-refractivity contribution in [3.05, 3.63) is 59.0 Å². The van der Waals surface area contributed by atoms with Crippen molar-refractivity contribution in [2.24, 2.45) is 0 Å². The molecule has 0 aliphatic carbocycles. The number of rotatable bonds is 3. The molecule has 2 aliphatic heterocycles. The molecule has 130 valence electrons. The molecule has 6 heteroatoms. The maximum absolute atomic E-state index is 12.4. The average Bonchev–Trinajstić information content (AvgIpc) is 3.02. The zero-order valence-electron chi connectivity index (χ0n) is 14.1. The Kier molecular flexibility index (Phi) is 3.94. The summed E-state index contributed by atoms with van der Waals surface area (Å²) in [7, 11) is 0. The summed E-state index contributed by atoms with van der Waals surface area (Å²) in [5.41, 5.74) is 4.40. The van der Waals surface area contributed by atoms with Gasteiger partial charge in [-0.25, -0.2) is 4.98 Å². The number of thioether (sulfide) groups is 1. The molecule has 0 unspecified atom stereocenters. The molecule has 2 aliphatic rings. The van der Waals surface area contributed by atoms with E-state index in [0.717, 1.165) is 41.6 Å². The van der Waals surface area contributed by atoms with E-state index >= 15 is 0 Å². The largest absolute Gasteiger partial charge is 0.357 e. The molecule has 1 amide bonds. The number of hydrogen-bond donors (Lipinski definition) is 1. The van der Waals surface area contributed by atoms with Gasteiger partial charge in [-0.2, -0.15) is 0 Å². The molecule has 3 heterocycles. The van der Waals surface area contributed by atoms with Gasteiger partial charge < -0.3 is 10.2 Å². The summed E-state index contributed by atoms with van der Waals surface area (Å²) in [4.78, 5) is 21.7. The highest BCUT2D eigenvalue weighted by atomic mass is 32.2. The van der Waals surface area contributed by atoms with Crippen molar-refractivity contribution in [1.29, 1.82) is 0 Å². The van der Waals surface area contributed by atoms with Crippen LogP contribution in [0.15, 0.2) is 53.4 Å². The molecule has 0 radical (unpaired) electrons. The number of anilines is 2. The van der Waals surface area contributed by atoms with Gasteiger partial charge in [-0.15, -0.1) is 23.1 Å². The number of carbonyl (C=O) groups is 1. The lowest BCUT2D eigenvalue weighted by Crippen LogP contribution is -2.36. The number of amides is 1. The molecular formula is C20H17N3OS2. The Labute approximate surface area is 160 Å². The average molecular weight is 380 g/mol. The molecule has 0 saturated heterocycles. The molecule has 0 bridgehead atoms. The Morgan fingerprint density at radius 2 is 2.00 bits per heavy atom. The highest BCUT2D eigenvalue weighted by Crippen LogP contribution is 2.46. The number of aromatic nitrogens is 1. The van der Waals surface area contributed by atoms with Crippen LogP contribution in [0.3, 0.4) is 0 Å². The fourth-order valence-electron chi connectivity index (χ4n) is 3.48. The maximum atomic E-state index is 12.4. The smallest absolute Gasteiger partial charge is 0.237 e. The summed E-state index contributed by atoms with van der Waals surface area (Å²) in [5, 5.41) is 4.40. The quantitative estimate of drug-likeness (QED) is 0.732. The van der Waals surface area contributed by atoms with Gasteiger partial charge >= 0.3 is 0 Å². The Hall–Kier alpha value is -2.31. The van der Waals surface area contributed by atoms with E-state index in [0.29, 0.717) is 5.75 Å². The second-order valence-corrected chi connectivity index (χ2v) is 8.47. The predicted molar refractivity (Wildman–Crippen MR) is 108 cm³/mol. The van der Waals surface area contributed by atoms with Crippen molar-refractivity contribution in [2.45, 2.75) is 17.9 Å². The molecule has 1 N–H and O–H groups in total. The second kappa shape index (κ2) is 6.45. The second-order valence-electron chi connectivity index (χ2n) is 6.37. The zero-order chi connectivity index (χ0) is 17.5. The number of fused-ring (bicyclic) bond motifs is 2. The molecule has 0 fully saturated rings. The van der Waals surface area contributed by atoms with Crippen LogP contribution >= 0.6 is 23.1 Å². The molecular weight excluding hydrogens is 362 g/mol. The fourth-order valence-corrected chi connectivity index (χ4v) is 5.41. The molecule has 3 aromatic rings. The summed E-state index contributed by atoms with van der Waals surface area (Å²) < 4.78 is 0. The third kappa shape index (κ3) is 2.70. The van der Waals surface area contributed by atoms with Crippen LogP contribution in [0.2, 0.25) is 0 Å². The molecule has 0 atom stereocenters. The van der Waals surface area contributed by atoms with Crippen LogP contribution < -0.4 is 10.2 Å². The Bertz CT molecular complexity index is 984. The lowest BCUT2D eigenvalue weighted by molar-refractivity contribution is -0.116. The van der Waals surface area contributed by atoms with Gasteiger partial charge in [0.2, 0.25) is 5.91 Å². The highest BCUT2D eigenvalue weighted by molar-refractivity contribution is 8.00. The van der Waals surface area contributed by atoms with Gasteiger partial charge in [0, 0.05) is 34.8 Å². The Morgan fingerprint density at radius 3 is 2.88 bits per heavy atom. The van der Waals surface area contributed by atoms with Crippen LogP contribution in [0, 0.1) is 0 Å². The van der Waals surface area contributed by atoms with Gasteiger partial charge in [0.15, 0.2) is 5.13 Å². The van der Waals surface area contributed by atoms with Crippen LogP contribution in [-0.2, 0) is 17.8 Å². The van der Waals surface area contributed by atoms with Crippen molar-refractivity contribution in [3.8, 4) is 11.3 Å². The molecule has 2 aromatic carbocycles. The van der Waals surface area contributed by atoms with E-state index in [1.807, 2.05) is 23.1 Å². The van der Waals surface area contributed by atoms with Crippen LogP contribution in [0.5, 0.6) is 0 Å². The fraction of sp³-hybridized carbons (Fsp3) is 0.200. The predicted octanol–water partition coefficient (Wildman–Crippen LogP) is 4.42. The lowest BCUT2D eigenvalue weighted by Gasteiger charge is -2.29. The molecule has 0 saturated carbocycles. The summed E-state index contributed by atoms with van der Waals surface area (Å²) in [6.07, 6.45) is 0.852. The van der Waals surface area contributed by atoms with E-state index in [2.05, 4.69) is 35.6 Å². The summed E-state index contributed by atoms with van der Waals surface area (Å²) in [6.45, 7) is 1.50. The van der Waals surface area contributed by atoms with Crippen molar-refractivity contribution in [1.82, 2.24) is 4.98 Å². The zero-order valence-corrected chi connectivity index (χ0v) is 15.7. The molecule has 1 aromatic heterocycles. The minimum Gasteiger partial charge on any atom is -0.357 e.